The van der Waals surface area contributed by atoms with E-state index in [1.54, 1.807) is 25.1 Å². The number of benzene rings is 3. The Morgan fingerprint density at radius 2 is 1.74 bits per heavy atom. The number of fused-ring (bicyclic) bond motifs is 1. The number of halogens is 1. The van der Waals surface area contributed by atoms with Gasteiger partial charge in [0.1, 0.15) is 29.6 Å². The van der Waals surface area contributed by atoms with Gasteiger partial charge in [-0.05, 0) is 61.4 Å². The summed E-state index contributed by atoms with van der Waals surface area (Å²) in [5.41, 5.74) is 6.24. The number of thioether (sulfide) groups is 1. The predicted molar refractivity (Wildman–Crippen MR) is 186 cm³/mol. The normalized spacial score (nSPS) is 14.4. The number of rotatable bonds is 9. The number of methoxy groups -OCH3 is 2. The molecule has 0 unspecified atom stereocenters. The van der Waals surface area contributed by atoms with Crippen LogP contribution in [0, 0.1) is 13.8 Å². The van der Waals surface area contributed by atoms with Gasteiger partial charge in [-0.3, -0.25) is 19.5 Å². The molecular formula is C36H34ClN5O4S. The molecule has 11 heteroatoms. The van der Waals surface area contributed by atoms with Crippen LogP contribution >= 0.6 is 23.4 Å². The van der Waals surface area contributed by atoms with Crippen LogP contribution in [0.2, 0.25) is 5.02 Å². The largest absolute Gasteiger partial charge is 0.496 e. The number of pyridine rings is 1. The van der Waals surface area contributed by atoms with Crippen molar-refractivity contribution in [3.05, 3.63) is 118 Å². The van der Waals surface area contributed by atoms with Crippen molar-refractivity contribution in [3.8, 4) is 28.4 Å². The van der Waals surface area contributed by atoms with Crippen molar-refractivity contribution < 1.29 is 19.1 Å². The number of nitrogens with zero attached hydrogens (tertiary/aromatic N) is 4. The van der Waals surface area contributed by atoms with Gasteiger partial charge >= 0.3 is 0 Å². The Morgan fingerprint density at radius 1 is 1.00 bits per heavy atom. The number of carbonyl (C=O) groups is 2. The Labute approximate surface area is 282 Å². The van der Waals surface area contributed by atoms with Crippen LogP contribution in [0.1, 0.15) is 33.2 Å². The molecule has 47 heavy (non-hydrogen) atoms. The van der Waals surface area contributed by atoms with Gasteiger partial charge in [-0.25, -0.2) is 4.68 Å². The number of nitrogens with one attached hydrogen (secondary N) is 1. The third kappa shape index (κ3) is 6.43. The Bertz CT molecular complexity index is 1930. The van der Waals surface area contributed by atoms with E-state index in [1.807, 2.05) is 86.6 Å². The fraction of sp³-hybridized carbons (Fsp3) is 0.222. The zero-order chi connectivity index (χ0) is 33.1. The van der Waals surface area contributed by atoms with Crippen LogP contribution < -0.4 is 19.7 Å². The van der Waals surface area contributed by atoms with Crippen molar-refractivity contribution in [1.82, 2.24) is 20.1 Å². The summed E-state index contributed by atoms with van der Waals surface area (Å²) in [6.45, 7) is 4.03. The first-order valence-corrected chi connectivity index (χ1v) is 16.5. The lowest BCUT2D eigenvalue weighted by Crippen LogP contribution is -2.42. The second-order valence-electron chi connectivity index (χ2n) is 11.1. The molecule has 240 valence electrons. The summed E-state index contributed by atoms with van der Waals surface area (Å²) in [5, 5.41) is 8.30. The van der Waals surface area contributed by atoms with Crippen LogP contribution in [-0.2, 0) is 16.1 Å². The first-order valence-electron chi connectivity index (χ1n) is 15.1. The first-order chi connectivity index (χ1) is 22.8. The second-order valence-corrected chi connectivity index (χ2v) is 12.6. The van der Waals surface area contributed by atoms with Crippen LogP contribution in [0.4, 0.5) is 5.82 Å². The molecule has 6 rings (SSSR count). The van der Waals surface area contributed by atoms with Gasteiger partial charge in [-0.15, -0.1) is 11.8 Å². The molecule has 0 saturated carbocycles. The van der Waals surface area contributed by atoms with Gasteiger partial charge in [-0.2, -0.15) is 5.10 Å². The summed E-state index contributed by atoms with van der Waals surface area (Å²) in [7, 11) is 3.19. The molecule has 1 aliphatic rings. The van der Waals surface area contributed by atoms with E-state index in [0.29, 0.717) is 44.9 Å². The van der Waals surface area contributed by atoms with E-state index in [4.69, 9.17) is 26.2 Å². The molecule has 9 nitrogen and oxygen atoms in total. The maximum absolute atomic E-state index is 14.2. The predicted octanol–water partition coefficient (Wildman–Crippen LogP) is 6.71. The molecule has 0 saturated heterocycles. The van der Waals surface area contributed by atoms with Crippen LogP contribution in [0.3, 0.4) is 0 Å². The zero-order valence-corrected chi connectivity index (χ0v) is 28.1. The molecule has 1 atom stereocenters. The summed E-state index contributed by atoms with van der Waals surface area (Å²) in [4.78, 5) is 33.6. The zero-order valence-electron chi connectivity index (χ0n) is 26.5. The van der Waals surface area contributed by atoms with Gasteiger partial charge in [-0.1, -0.05) is 59.6 Å². The fourth-order valence-corrected chi connectivity index (χ4v) is 7.37. The van der Waals surface area contributed by atoms with Gasteiger partial charge in [0.2, 0.25) is 11.8 Å². The quantitative estimate of drug-likeness (QED) is 0.187. The van der Waals surface area contributed by atoms with Crippen molar-refractivity contribution in [2.45, 2.75) is 25.6 Å². The molecule has 0 bridgehead atoms. The lowest BCUT2D eigenvalue weighted by atomic mass is 9.98. The van der Waals surface area contributed by atoms with Crippen LogP contribution in [0.25, 0.3) is 16.9 Å². The average molecular weight is 668 g/mol. The molecule has 5 aromatic rings. The summed E-state index contributed by atoms with van der Waals surface area (Å²) in [6.07, 6.45) is 1.67. The van der Waals surface area contributed by atoms with Crippen molar-refractivity contribution in [3.63, 3.8) is 0 Å². The Morgan fingerprint density at radius 3 is 2.43 bits per heavy atom. The maximum atomic E-state index is 14.2. The number of carbonyl (C=O) groups excluding carboxylic acids is 2. The Balaban J connectivity index is 1.62. The average Bonchev–Trinajstić information content (AvgIpc) is 3.39. The molecule has 2 amide bonds. The van der Waals surface area contributed by atoms with E-state index in [2.05, 4.69) is 16.4 Å². The SMILES string of the molecule is COc1cccc(OC)c1-c1nn(-c2ccc(C)cc2C)c2c1[C@@H](c1ccccc1Cl)SCC(=O)N2CC(=O)NCc1ccccn1. The summed E-state index contributed by atoms with van der Waals surface area (Å²) >= 11 is 8.30. The summed E-state index contributed by atoms with van der Waals surface area (Å²) in [6, 6.07) is 24.7. The van der Waals surface area contributed by atoms with Gasteiger partial charge in [0.15, 0.2) is 0 Å². The van der Waals surface area contributed by atoms with Crippen LogP contribution in [-0.4, -0.2) is 53.1 Å². The molecule has 3 heterocycles. The topological polar surface area (TPSA) is 98.6 Å². The number of hydrogen-bond donors (Lipinski definition) is 1. The van der Waals surface area contributed by atoms with Gasteiger partial charge in [0.25, 0.3) is 0 Å². The highest BCUT2D eigenvalue weighted by molar-refractivity contribution is 8.00. The molecule has 2 aromatic heterocycles. The van der Waals surface area contributed by atoms with Crippen molar-refractivity contribution >= 4 is 41.0 Å². The highest BCUT2D eigenvalue weighted by Crippen LogP contribution is 2.52. The van der Waals surface area contributed by atoms with Gasteiger partial charge in [0.05, 0.1) is 48.7 Å². The van der Waals surface area contributed by atoms with E-state index >= 15 is 0 Å². The number of aryl methyl sites for hydroxylation is 2. The second kappa shape index (κ2) is 13.9. The number of hydrogen-bond acceptors (Lipinski definition) is 7. The minimum atomic E-state index is -0.423. The maximum Gasteiger partial charge on any atom is 0.240 e. The molecular weight excluding hydrogens is 634 g/mol. The molecule has 1 aliphatic heterocycles. The molecule has 3 aromatic carbocycles. The molecule has 0 radical (unpaired) electrons. The number of ether oxygens (including phenoxy) is 2. The lowest BCUT2D eigenvalue weighted by molar-refractivity contribution is -0.123. The molecule has 1 N–H and O–H groups in total. The first kappa shape index (κ1) is 32.2. The van der Waals surface area contributed by atoms with E-state index in [9.17, 15) is 9.59 Å². The van der Waals surface area contributed by atoms with E-state index in [0.717, 1.165) is 22.4 Å². The van der Waals surface area contributed by atoms with Crippen molar-refractivity contribution in [2.75, 3.05) is 31.4 Å². The lowest BCUT2D eigenvalue weighted by Gasteiger charge is -2.24. The standard InChI is InChI=1S/C36H34ClN5O4S/c1-22-15-16-27(23(2)18-22)42-36-33(34(40-42)32-28(45-3)13-9-14-29(32)46-4)35(25-11-5-6-12-26(25)37)47-21-31(44)41(36)20-30(43)39-19-24-10-7-8-17-38-24/h5-18,35H,19-21H2,1-4H3,(H,39,43)/t35-/m1/s1. The minimum Gasteiger partial charge on any atom is -0.496 e. The van der Waals surface area contributed by atoms with E-state index < -0.39 is 5.25 Å². The summed E-state index contributed by atoms with van der Waals surface area (Å²) < 4.78 is 13.5. The number of amides is 2. The number of anilines is 1. The van der Waals surface area contributed by atoms with Gasteiger partial charge < -0.3 is 14.8 Å². The minimum absolute atomic E-state index is 0.105. The van der Waals surface area contributed by atoms with E-state index in [-0.39, 0.29) is 30.7 Å². The highest BCUT2D eigenvalue weighted by Gasteiger charge is 2.39. The summed E-state index contributed by atoms with van der Waals surface area (Å²) in [5.74, 6) is 1.12. The Hall–Kier alpha value is -4.80. The fourth-order valence-electron chi connectivity index (χ4n) is 5.82. The van der Waals surface area contributed by atoms with Crippen LogP contribution in [0.5, 0.6) is 11.5 Å². The highest BCUT2D eigenvalue weighted by atomic mass is 35.5. The van der Waals surface area contributed by atoms with Crippen LogP contribution in [0.15, 0.2) is 85.1 Å². The molecule has 0 spiro atoms. The van der Waals surface area contributed by atoms with Crippen molar-refractivity contribution in [1.29, 1.82) is 0 Å². The molecule has 0 aliphatic carbocycles. The monoisotopic (exact) mass is 667 g/mol. The smallest absolute Gasteiger partial charge is 0.240 e. The van der Waals surface area contributed by atoms with Crippen molar-refractivity contribution in [2.24, 2.45) is 0 Å². The third-order valence-corrected chi connectivity index (χ3v) is 9.60. The van der Waals surface area contributed by atoms with E-state index in [1.165, 1.54) is 16.7 Å². The van der Waals surface area contributed by atoms with Gasteiger partial charge in [0, 0.05) is 16.8 Å². The third-order valence-electron chi connectivity index (χ3n) is 8.02. The Kier molecular flexibility index (Phi) is 9.51. The molecule has 0 fully saturated rings. The number of aromatic nitrogens is 3.